The zero-order valence-electron chi connectivity index (χ0n) is 15.2. The van der Waals surface area contributed by atoms with Gasteiger partial charge in [0.05, 0.1) is 21.4 Å². The van der Waals surface area contributed by atoms with Crippen LogP contribution < -0.4 is 10.6 Å². The Bertz CT molecular complexity index is 1110. The average Bonchev–Trinajstić information content (AvgIpc) is 2.69. The highest BCUT2D eigenvalue weighted by molar-refractivity contribution is 8.00. The van der Waals surface area contributed by atoms with E-state index in [1.807, 2.05) is 6.07 Å². The lowest BCUT2D eigenvalue weighted by atomic mass is 10.2. The van der Waals surface area contributed by atoms with Gasteiger partial charge in [0.15, 0.2) is 0 Å². The second kappa shape index (κ2) is 10.2. The molecule has 0 unspecified atom stereocenters. The lowest BCUT2D eigenvalue weighted by Gasteiger charge is -2.09. The summed E-state index contributed by atoms with van der Waals surface area (Å²) in [5.41, 5.74) is 1.27. The van der Waals surface area contributed by atoms with Crippen LogP contribution in [0.2, 0.25) is 15.1 Å². The molecule has 0 radical (unpaired) electrons. The Morgan fingerprint density at radius 2 is 1.63 bits per heavy atom. The number of benzene rings is 3. The summed E-state index contributed by atoms with van der Waals surface area (Å²) in [5, 5.41) is 6.05. The molecule has 0 saturated heterocycles. The second-order valence-electron chi connectivity index (χ2n) is 6.07. The molecule has 3 rings (SSSR count). The van der Waals surface area contributed by atoms with Crippen molar-refractivity contribution in [1.29, 1.82) is 0 Å². The molecular formula is C21H14Cl3FN2O2S. The minimum atomic E-state index is -0.553. The molecule has 0 fully saturated rings. The van der Waals surface area contributed by atoms with Crippen LogP contribution in [0.3, 0.4) is 0 Å². The molecule has 3 aromatic rings. The first kappa shape index (κ1) is 22.4. The van der Waals surface area contributed by atoms with Gasteiger partial charge in [0.25, 0.3) is 5.91 Å². The van der Waals surface area contributed by atoms with Crippen LogP contribution in [0.1, 0.15) is 10.4 Å². The molecule has 30 heavy (non-hydrogen) atoms. The summed E-state index contributed by atoms with van der Waals surface area (Å²) in [6, 6.07) is 15.6. The van der Waals surface area contributed by atoms with Crippen molar-refractivity contribution in [3.8, 4) is 0 Å². The zero-order chi connectivity index (χ0) is 21.7. The number of halogens is 4. The molecule has 4 nitrogen and oxygen atoms in total. The number of rotatable bonds is 6. The number of carbonyl (C=O) groups is 2. The molecule has 0 aliphatic rings. The molecular weight excluding hydrogens is 470 g/mol. The standard InChI is InChI=1S/C21H14Cl3FN2O2S/c22-12-4-6-16(17(23)8-12)21(29)27-13-2-1-3-15(9-13)30-11-20(28)26-14-5-7-19(25)18(24)10-14/h1-10H,11H2,(H,26,28)(H,27,29). The molecule has 9 heteroatoms. The van der Waals surface area contributed by atoms with E-state index in [2.05, 4.69) is 10.6 Å². The Kier molecular flexibility index (Phi) is 7.61. The highest BCUT2D eigenvalue weighted by Gasteiger charge is 2.12. The van der Waals surface area contributed by atoms with Gasteiger partial charge in [-0.2, -0.15) is 0 Å². The highest BCUT2D eigenvalue weighted by Crippen LogP contribution is 2.25. The van der Waals surface area contributed by atoms with Crippen molar-refractivity contribution in [3.05, 3.63) is 87.1 Å². The van der Waals surface area contributed by atoms with Gasteiger partial charge < -0.3 is 10.6 Å². The van der Waals surface area contributed by atoms with Crippen LogP contribution in [-0.2, 0) is 4.79 Å². The lowest BCUT2D eigenvalue weighted by molar-refractivity contribution is -0.113. The van der Waals surface area contributed by atoms with Crippen molar-refractivity contribution in [1.82, 2.24) is 0 Å². The molecule has 0 heterocycles. The summed E-state index contributed by atoms with van der Waals surface area (Å²) in [6.45, 7) is 0. The summed E-state index contributed by atoms with van der Waals surface area (Å²) >= 11 is 18.9. The van der Waals surface area contributed by atoms with E-state index in [0.29, 0.717) is 22.0 Å². The van der Waals surface area contributed by atoms with E-state index in [4.69, 9.17) is 34.8 Å². The van der Waals surface area contributed by atoms with E-state index < -0.39 is 5.82 Å². The van der Waals surface area contributed by atoms with Crippen LogP contribution in [0.25, 0.3) is 0 Å². The Balaban J connectivity index is 1.59. The molecule has 3 aromatic carbocycles. The van der Waals surface area contributed by atoms with Crippen molar-refractivity contribution < 1.29 is 14.0 Å². The van der Waals surface area contributed by atoms with Crippen LogP contribution in [0.4, 0.5) is 15.8 Å². The fraction of sp³-hybridized carbons (Fsp3) is 0.0476. The van der Waals surface area contributed by atoms with Crippen molar-refractivity contribution >= 4 is 69.8 Å². The van der Waals surface area contributed by atoms with Gasteiger partial charge in [-0.25, -0.2) is 4.39 Å². The van der Waals surface area contributed by atoms with Gasteiger partial charge >= 0.3 is 0 Å². The Hall–Kier alpha value is -2.25. The maximum Gasteiger partial charge on any atom is 0.257 e. The van der Waals surface area contributed by atoms with E-state index >= 15 is 0 Å². The van der Waals surface area contributed by atoms with Crippen molar-refractivity contribution in [2.45, 2.75) is 4.90 Å². The molecule has 2 amide bonds. The van der Waals surface area contributed by atoms with E-state index in [-0.39, 0.29) is 27.6 Å². The minimum Gasteiger partial charge on any atom is -0.325 e. The normalized spacial score (nSPS) is 10.5. The van der Waals surface area contributed by atoms with E-state index in [1.54, 1.807) is 30.3 Å². The number of amides is 2. The first-order chi connectivity index (χ1) is 14.3. The number of anilines is 2. The predicted molar refractivity (Wildman–Crippen MR) is 122 cm³/mol. The smallest absolute Gasteiger partial charge is 0.257 e. The molecule has 0 atom stereocenters. The number of nitrogens with one attached hydrogen (secondary N) is 2. The van der Waals surface area contributed by atoms with Crippen LogP contribution in [-0.4, -0.2) is 17.6 Å². The maximum absolute atomic E-state index is 13.2. The van der Waals surface area contributed by atoms with Gasteiger partial charge in [0.1, 0.15) is 5.82 Å². The third-order valence-electron chi connectivity index (χ3n) is 3.84. The maximum atomic E-state index is 13.2. The highest BCUT2D eigenvalue weighted by atomic mass is 35.5. The number of hydrogen-bond donors (Lipinski definition) is 2. The topological polar surface area (TPSA) is 58.2 Å². The Morgan fingerprint density at radius 1 is 0.867 bits per heavy atom. The molecule has 0 aliphatic heterocycles. The average molecular weight is 484 g/mol. The molecule has 0 saturated carbocycles. The summed E-state index contributed by atoms with van der Waals surface area (Å²) in [4.78, 5) is 25.3. The second-order valence-corrected chi connectivity index (χ2v) is 8.37. The van der Waals surface area contributed by atoms with E-state index in [0.717, 1.165) is 4.90 Å². The Labute approximate surface area is 191 Å². The lowest BCUT2D eigenvalue weighted by Crippen LogP contribution is -2.14. The third kappa shape index (κ3) is 6.12. The molecule has 0 aliphatic carbocycles. The summed E-state index contributed by atoms with van der Waals surface area (Å²) in [6.07, 6.45) is 0. The minimum absolute atomic E-state index is 0.0651. The molecule has 0 aromatic heterocycles. The van der Waals surface area contributed by atoms with Gasteiger partial charge in [-0.15, -0.1) is 11.8 Å². The van der Waals surface area contributed by atoms with Gasteiger partial charge in [0.2, 0.25) is 5.91 Å². The monoisotopic (exact) mass is 482 g/mol. The van der Waals surface area contributed by atoms with Gasteiger partial charge in [-0.05, 0) is 54.6 Å². The van der Waals surface area contributed by atoms with Crippen LogP contribution >= 0.6 is 46.6 Å². The quantitative estimate of drug-likeness (QED) is 0.380. The van der Waals surface area contributed by atoms with Gasteiger partial charge in [-0.3, -0.25) is 9.59 Å². The van der Waals surface area contributed by atoms with Gasteiger partial charge in [0, 0.05) is 21.3 Å². The third-order valence-corrected chi connectivity index (χ3v) is 5.67. The summed E-state index contributed by atoms with van der Waals surface area (Å²) in [7, 11) is 0. The molecule has 154 valence electrons. The summed E-state index contributed by atoms with van der Waals surface area (Å²) < 4.78 is 13.2. The van der Waals surface area contributed by atoms with Crippen molar-refractivity contribution in [2.24, 2.45) is 0 Å². The van der Waals surface area contributed by atoms with Gasteiger partial charge in [-0.1, -0.05) is 40.9 Å². The van der Waals surface area contributed by atoms with Crippen LogP contribution in [0, 0.1) is 5.82 Å². The molecule has 0 spiro atoms. The van der Waals surface area contributed by atoms with Crippen molar-refractivity contribution in [2.75, 3.05) is 16.4 Å². The first-order valence-corrected chi connectivity index (χ1v) is 10.7. The number of thioether (sulfide) groups is 1. The summed E-state index contributed by atoms with van der Waals surface area (Å²) in [5.74, 6) is -1.08. The largest absolute Gasteiger partial charge is 0.325 e. The fourth-order valence-electron chi connectivity index (χ4n) is 2.46. The van der Waals surface area contributed by atoms with Crippen molar-refractivity contribution in [3.63, 3.8) is 0 Å². The van der Waals surface area contributed by atoms with E-state index in [1.165, 1.54) is 36.0 Å². The Morgan fingerprint density at radius 3 is 2.37 bits per heavy atom. The number of hydrogen-bond acceptors (Lipinski definition) is 3. The predicted octanol–water partition coefficient (Wildman–Crippen LogP) is 6.77. The molecule has 2 N–H and O–H groups in total. The van der Waals surface area contributed by atoms with Crippen LogP contribution in [0.5, 0.6) is 0 Å². The SMILES string of the molecule is O=C(CSc1cccc(NC(=O)c2ccc(Cl)cc2Cl)c1)Nc1ccc(F)c(Cl)c1. The van der Waals surface area contributed by atoms with E-state index in [9.17, 15) is 14.0 Å². The van der Waals surface area contributed by atoms with Crippen LogP contribution in [0.15, 0.2) is 65.6 Å². The number of carbonyl (C=O) groups excluding carboxylic acids is 2. The zero-order valence-corrected chi connectivity index (χ0v) is 18.3. The first-order valence-electron chi connectivity index (χ1n) is 8.56. The molecule has 0 bridgehead atoms. The fourth-order valence-corrected chi connectivity index (χ4v) is 3.89.